The molecular weight excluding hydrogens is 260 g/mol. The highest BCUT2D eigenvalue weighted by atomic mass is 79.9. The molecule has 0 heterocycles. The fraction of sp³-hybridized carbons (Fsp3) is 0.400. The van der Waals surface area contributed by atoms with E-state index in [1.54, 1.807) is 0 Å². The molecule has 1 aliphatic carbocycles. The van der Waals surface area contributed by atoms with Gasteiger partial charge in [-0.3, -0.25) is 0 Å². The van der Waals surface area contributed by atoms with Crippen molar-refractivity contribution in [2.75, 3.05) is 0 Å². The Kier molecular flexibility index (Phi) is 2.83. The summed E-state index contributed by atoms with van der Waals surface area (Å²) < 4.78 is 0.814. The maximum Gasteiger partial charge on any atom is 0.101 e. The van der Waals surface area contributed by atoms with E-state index in [2.05, 4.69) is 15.9 Å². The van der Waals surface area contributed by atoms with Gasteiger partial charge in [-0.25, -0.2) is 0 Å². The first kappa shape index (κ1) is 11.0. The maximum atomic E-state index is 9.71. The molecule has 2 rings (SSSR count). The summed E-state index contributed by atoms with van der Waals surface area (Å²) >= 11 is 3.37. The van der Waals surface area contributed by atoms with Gasteiger partial charge in [-0.15, -0.1) is 0 Å². The third-order valence-corrected chi connectivity index (χ3v) is 3.56. The minimum Gasteiger partial charge on any atom is -0.388 e. The van der Waals surface area contributed by atoms with Crippen molar-refractivity contribution in [2.24, 2.45) is 11.5 Å². The Labute approximate surface area is 96.0 Å². The number of benzene rings is 1. The smallest absolute Gasteiger partial charge is 0.101 e. The van der Waals surface area contributed by atoms with Gasteiger partial charge in [0.1, 0.15) is 12.2 Å². The normalized spacial score (nSPS) is 35.0. The van der Waals surface area contributed by atoms with Crippen molar-refractivity contribution in [2.45, 2.75) is 24.3 Å². The number of aliphatic hydroxyl groups is 2. The van der Waals surface area contributed by atoms with Gasteiger partial charge in [-0.2, -0.15) is 0 Å². The van der Waals surface area contributed by atoms with Crippen LogP contribution in [-0.2, 0) is 0 Å². The summed E-state index contributed by atoms with van der Waals surface area (Å²) in [6, 6.07) is 4.30. The van der Waals surface area contributed by atoms with Crippen LogP contribution in [0, 0.1) is 0 Å². The zero-order valence-electron chi connectivity index (χ0n) is 7.97. The quantitative estimate of drug-likeness (QED) is 0.542. The minimum absolute atomic E-state index is 0.590. The van der Waals surface area contributed by atoms with Crippen LogP contribution in [0.5, 0.6) is 0 Å². The zero-order valence-corrected chi connectivity index (χ0v) is 9.55. The summed E-state index contributed by atoms with van der Waals surface area (Å²) in [6.07, 6.45) is -2.03. The van der Waals surface area contributed by atoms with E-state index >= 15 is 0 Å². The Bertz CT molecular complexity index is 386. The van der Waals surface area contributed by atoms with Crippen molar-refractivity contribution in [1.29, 1.82) is 0 Å². The first-order valence-corrected chi connectivity index (χ1v) is 5.49. The van der Waals surface area contributed by atoms with Crippen LogP contribution in [-0.4, -0.2) is 22.4 Å². The Morgan fingerprint density at radius 2 is 1.67 bits per heavy atom. The van der Waals surface area contributed by atoms with Crippen LogP contribution in [0.15, 0.2) is 22.7 Å². The summed E-state index contributed by atoms with van der Waals surface area (Å²) in [5.74, 6) is 0. The van der Waals surface area contributed by atoms with E-state index in [9.17, 15) is 10.2 Å². The molecule has 0 fully saturated rings. The molecule has 0 bridgehead atoms. The molecule has 15 heavy (non-hydrogen) atoms. The molecule has 1 aromatic rings. The Hall–Kier alpha value is -0.460. The van der Waals surface area contributed by atoms with Crippen molar-refractivity contribution in [3.05, 3.63) is 33.8 Å². The number of hydrogen-bond acceptors (Lipinski definition) is 4. The van der Waals surface area contributed by atoms with Crippen LogP contribution in [0.1, 0.15) is 23.2 Å². The highest BCUT2D eigenvalue weighted by molar-refractivity contribution is 9.10. The molecule has 5 heteroatoms. The van der Waals surface area contributed by atoms with Crippen LogP contribution in [0.25, 0.3) is 0 Å². The van der Waals surface area contributed by atoms with Gasteiger partial charge in [0.2, 0.25) is 0 Å². The molecule has 4 nitrogen and oxygen atoms in total. The fourth-order valence-electron chi connectivity index (χ4n) is 1.98. The standard InChI is InChI=1S/C10H13BrN2O2/c11-5-3-1-2-4-6(5)8(13)10(15)9(14)7(4)12/h1-3,7-10,14-15H,12-13H2/t7-,8+,9+,10-/m0/s1. The maximum absolute atomic E-state index is 9.71. The van der Waals surface area contributed by atoms with E-state index < -0.39 is 24.3 Å². The second-order valence-corrected chi connectivity index (χ2v) is 4.63. The Morgan fingerprint density at radius 3 is 2.33 bits per heavy atom. The Morgan fingerprint density at radius 1 is 1.07 bits per heavy atom. The molecule has 1 aliphatic rings. The van der Waals surface area contributed by atoms with Crippen LogP contribution >= 0.6 is 15.9 Å². The third kappa shape index (κ3) is 1.60. The molecule has 0 amide bonds. The van der Waals surface area contributed by atoms with Crippen LogP contribution in [0.3, 0.4) is 0 Å². The summed E-state index contributed by atoms with van der Waals surface area (Å²) in [5.41, 5.74) is 13.2. The SMILES string of the molecule is N[C@@H]1c2c(Br)cccc2[C@H](N)[C@@H](O)[C@H]1O. The molecule has 0 aromatic heterocycles. The lowest BCUT2D eigenvalue weighted by Crippen LogP contribution is -2.47. The van der Waals surface area contributed by atoms with Gasteiger partial charge in [0.15, 0.2) is 0 Å². The minimum atomic E-state index is -1.02. The molecule has 6 N–H and O–H groups in total. The van der Waals surface area contributed by atoms with E-state index in [1.807, 2.05) is 18.2 Å². The molecule has 0 radical (unpaired) electrons. The summed E-state index contributed by atoms with van der Waals surface area (Å²) in [4.78, 5) is 0. The van der Waals surface area contributed by atoms with Crippen molar-refractivity contribution in [1.82, 2.24) is 0 Å². The lowest BCUT2D eigenvalue weighted by molar-refractivity contribution is -0.0198. The monoisotopic (exact) mass is 272 g/mol. The molecule has 0 saturated carbocycles. The molecule has 0 saturated heterocycles. The molecule has 0 unspecified atom stereocenters. The second kappa shape index (κ2) is 3.84. The summed E-state index contributed by atoms with van der Waals surface area (Å²) in [6.45, 7) is 0. The van der Waals surface area contributed by atoms with Gasteiger partial charge >= 0.3 is 0 Å². The van der Waals surface area contributed by atoms with Gasteiger partial charge in [0, 0.05) is 4.47 Å². The number of aliphatic hydroxyl groups excluding tert-OH is 2. The number of hydrogen-bond donors (Lipinski definition) is 4. The number of fused-ring (bicyclic) bond motifs is 1. The number of halogens is 1. The van der Waals surface area contributed by atoms with Gasteiger partial charge in [-0.05, 0) is 17.2 Å². The lowest BCUT2D eigenvalue weighted by atomic mass is 9.81. The molecule has 82 valence electrons. The predicted molar refractivity (Wildman–Crippen MR) is 60.0 cm³/mol. The van der Waals surface area contributed by atoms with E-state index in [1.165, 1.54) is 0 Å². The molecule has 0 aliphatic heterocycles. The van der Waals surface area contributed by atoms with Crippen molar-refractivity contribution in [3.8, 4) is 0 Å². The van der Waals surface area contributed by atoms with Gasteiger partial charge in [0.05, 0.1) is 12.1 Å². The lowest BCUT2D eigenvalue weighted by Gasteiger charge is -2.36. The number of nitrogens with two attached hydrogens (primary N) is 2. The van der Waals surface area contributed by atoms with E-state index in [0.29, 0.717) is 0 Å². The fourth-order valence-corrected chi connectivity index (χ4v) is 2.62. The predicted octanol–water partition coefficient (Wildman–Crippen LogP) is 0.184. The third-order valence-electron chi connectivity index (χ3n) is 2.86. The first-order chi connectivity index (χ1) is 7.04. The van der Waals surface area contributed by atoms with Crippen molar-refractivity contribution >= 4 is 15.9 Å². The van der Waals surface area contributed by atoms with Crippen LogP contribution in [0.4, 0.5) is 0 Å². The van der Waals surface area contributed by atoms with Crippen LogP contribution in [0.2, 0.25) is 0 Å². The second-order valence-electron chi connectivity index (χ2n) is 3.78. The molecular formula is C10H13BrN2O2. The average Bonchev–Trinajstić information content (AvgIpc) is 2.23. The summed E-state index contributed by atoms with van der Waals surface area (Å²) in [5, 5.41) is 19.4. The van der Waals surface area contributed by atoms with Gasteiger partial charge < -0.3 is 21.7 Å². The zero-order chi connectivity index (χ0) is 11.2. The highest BCUT2D eigenvalue weighted by Gasteiger charge is 2.38. The van der Waals surface area contributed by atoms with Gasteiger partial charge in [-0.1, -0.05) is 28.1 Å². The van der Waals surface area contributed by atoms with Gasteiger partial charge in [0.25, 0.3) is 0 Å². The first-order valence-electron chi connectivity index (χ1n) is 4.69. The molecule has 4 atom stereocenters. The van der Waals surface area contributed by atoms with E-state index in [-0.39, 0.29) is 0 Å². The largest absolute Gasteiger partial charge is 0.388 e. The highest BCUT2D eigenvalue weighted by Crippen LogP contribution is 2.38. The van der Waals surface area contributed by atoms with E-state index in [0.717, 1.165) is 15.6 Å². The average molecular weight is 273 g/mol. The summed E-state index contributed by atoms with van der Waals surface area (Å²) in [7, 11) is 0. The van der Waals surface area contributed by atoms with Crippen molar-refractivity contribution < 1.29 is 10.2 Å². The van der Waals surface area contributed by atoms with Crippen molar-refractivity contribution in [3.63, 3.8) is 0 Å². The van der Waals surface area contributed by atoms with E-state index in [4.69, 9.17) is 11.5 Å². The Balaban J connectivity index is 2.59. The topological polar surface area (TPSA) is 92.5 Å². The van der Waals surface area contributed by atoms with Crippen LogP contribution < -0.4 is 11.5 Å². The molecule has 0 spiro atoms. The number of rotatable bonds is 0. The molecule has 1 aromatic carbocycles.